The molecule has 0 unspecified atom stereocenters. The fraction of sp³-hybridized carbons (Fsp3) is 0.600. The molecular formula is C20H30N2O3. The van der Waals surface area contributed by atoms with Crippen LogP contribution in [0.25, 0.3) is 0 Å². The number of nitrogens with two attached hydrogens (primary N) is 1. The molecule has 0 heterocycles. The van der Waals surface area contributed by atoms with Gasteiger partial charge in [-0.25, -0.2) is 0 Å². The fourth-order valence-corrected chi connectivity index (χ4v) is 3.64. The number of hydrogen-bond acceptors (Lipinski definition) is 3. The number of aliphatic carboxylic acids is 1. The summed E-state index contributed by atoms with van der Waals surface area (Å²) in [5, 5.41) is 9.33. The summed E-state index contributed by atoms with van der Waals surface area (Å²) in [5.74, 6) is -1.24. The highest BCUT2D eigenvalue weighted by Crippen LogP contribution is 2.23. The lowest BCUT2D eigenvalue weighted by Crippen LogP contribution is -2.43. The largest absolute Gasteiger partial charge is 0.480 e. The molecule has 138 valence electrons. The van der Waals surface area contributed by atoms with E-state index in [4.69, 9.17) is 5.73 Å². The molecule has 1 fully saturated rings. The molecule has 5 heteroatoms. The van der Waals surface area contributed by atoms with Crippen LogP contribution in [-0.2, 0) is 4.79 Å². The second-order valence-electron chi connectivity index (χ2n) is 6.97. The SMILES string of the molecule is Nc1ccccc1C(=O)N(CC(=O)O)C1CCCCCCCCCC1. The molecule has 0 saturated heterocycles. The zero-order chi connectivity index (χ0) is 18.1. The van der Waals surface area contributed by atoms with Gasteiger partial charge >= 0.3 is 5.97 Å². The molecule has 0 bridgehead atoms. The summed E-state index contributed by atoms with van der Waals surface area (Å²) in [7, 11) is 0. The Bertz CT molecular complexity index is 562. The van der Waals surface area contributed by atoms with E-state index in [2.05, 4.69) is 0 Å². The summed E-state index contributed by atoms with van der Waals surface area (Å²) in [4.78, 5) is 25.9. The van der Waals surface area contributed by atoms with E-state index >= 15 is 0 Å². The van der Waals surface area contributed by atoms with Gasteiger partial charge in [0.2, 0.25) is 0 Å². The molecule has 1 amide bonds. The van der Waals surface area contributed by atoms with Crippen molar-refractivity contribution in [1.29, 1.82) is 0 Å². The van der Waals surface area contributed by atoms with Crippen molar-refractivity contribution >= 4 is 17.6 Å². The highest BCUT2D eigenvalue weighted by Gasteiger charge is 2.27. The third-order valence-corrected chi connectivity index (χ3v) is 5.02. The number of carbonyl (C=O) groups is 2. The third-order valence-electron chi connectivity index (χ3n) is 5.02. The molecule has 5 nitrogen and oxygen atoms in total. The molecule has 25 heavy (non-hydrogen) atoms. The van der Waals surface area contributed by atoms with E-state index in [1.165, 1.54) is 30.6 Å². The monoisotopic (exact) mass is 346 g/mol. The molecule has 1 aliphatic rings. The number of nitrogens with zero attached hydrogens (tertiary/aromatic N) is 1. The Hall–Kier alpha value is -2.04. The van der Waals surface area contributed by atoms with Gasteiger partial charge in [0, 0.05) is 11.7 Å². The van der Waals surface area contributed by atoms with Gasteiger partial charge in [0.1, 0.15) is 6.54 Å². The zero-order valence-electron chi connectivity index (χ0n) is 15.0. The molecule has 1 saturated carbocycles. The summed E-state index contributed by atoms with van der Waals surface area (Å²) in [5.41, 5.74) is 6.75. The normalized spacial score (nSPS) is 17.4. The summed E-state index contributed by atoms with van der Waals surface area (Å²) < 4.78 is 0. The second kappa shape index (κ2) is 10.1. The Labute approximate surface area is 150 Å². The van der Waals surface area contributed by atoms with E-state index in [1.807, 2.05) is 0 Å². The minimum Gasteiger partial charge on any atom is -0.480 e. The molecule has 0 aromatic heterocycles. The molecule has 1 aliphatic carbocycles. The first kappa shape index (κ1) is 19.3. The maximum atomic E-state index is 13.0. The van der Waals surface area contributed by atoms with Gasteiger partial charge in [0.05, 0.1) is 5.56 Å². The van der Waals surface area contributed by atoms with Crippen molar-refractivity contribution in [2.24, 2.45) is 0 Å². The van der Waals surface area contributed by atoms with Crippen molar-refractivity contribution in [3.8, 4) is 0 Å². The Morgan fingerprint density at radius 3 is 2.00 bits per heavy atom. The predicted octanol–water partition coefficient (Wildman–Crippen LogP) is 4.08. The van der Waals surface area contributed by atoms with Crippen molar-refractivity contribution in [3.05, 3.63) is 29.8 Å². The first-order chi connectivity index (χ1) is 12.1. The van der Waals surface area contributed by atoms with Crippen molar-refractivity contribution in [2.75, 3.05) is 12.3 Å². The number of carboxylic acid groups (broad SMARTS) is 1. The van der Waals surface area contributed by atoms with Crippen molar-refractivity contribution in [1.82, 2.24) is 4.90 Å². The number of nitrogen functional groups attached to an aromatic ring is 1. The van der Waals surface area contributed by atoms with Crippen LogP contribution in [0.3, 0.4) is 0 Å². The van der Waals surface area contributed by atoms with E-state index in [9.17, 15) is 14.7 Å². The van der Waals surface area contributed by atoms with Crippen molar-refractivity contribution in [2.45, 2.75) is 70.3 Å². The topological polar surface area (TPSA) is 83.6 Å². The van der Waals surface area contributed by atoms with Crippen LogP contribution in [0, 0.1) is 0 Å². The van der Waals surface area contributed by atoms with Gasteiger partial charge < -0.3 is 15.7 Å². The lowest BCUT2D eigenvalue weighted by Gasteiger charge is -2.31. The van der Waals surface area contributed by atoms with Crippen molar-refractivity contribution in [3.63, 3.8) is 0 Å². The zero-order valence-corrected chi connectivity index (χ0v) is 15.0. The average Bonchev–Trinajstić information content (AvgIpc) is 2.65. The van der Waals surface area contributed by atoms with Gasteiger partial charge in [-0.05, 0) is 25.0 Å². The van der Waals surface area contributed by atoms with Crippen LogP contribution in [0.5, 0.6) is 0 Å². The van der Waals surface area contributed by atoms with Crippen LogP contribution in [0.15, 0.2) is 24.3 Å². The molecule has 0 atom stereocenters. The van der Waals surface area contributed by atoms with Crippen LogP contribution < -0.4 is 5.73 Å². The van der Waals surface area contributed by atoms with Gasteiger partial charge in [-0.3, -0.25) is 9.59 Å². The van der Waals surface area contributed by atoms with Crippen molar-refractivity contribution < 1.29 is 14.7 Å². The van der Waals surface area contributed by atoms with Crippen LogP contribution in [0.2, 0.25) is 0 Å². The molecule has 2 rings (SSSR count). The van der Waals surface area contributed by atoms with Gasteiger partial charge in [-0.1, -0.05) is 63.5 Å². The number of hydrogen-bond donors (Lipinski definition) is 2. The number of carboxylic acids is 1. The van der Waals surface area contributed by atoms with E-state index < -0.39 is 5.97 Å². The molecule has 0 aliphatic heterocycles. The summed E-state index contributed by atoms with van der Waals surface area (Å²) in [6, 6.07) is 6.88. The first-order valence-electron chi connectivity index (χ1n) is 9.47. The number of amides is 1. The van der Waals surface area contributed by atoms with E-state index in [0.717, 1.165) is 38.5 Å². The summed E-state index contributed by atoms with van der Waals surface area (Å²) in [6.07, 6.45) is 11.1. The van der Waals surface area contributed by atoms with E-state index in [0.29, 0.717) is 11.3 Å². The lowest BCUT2D eigenvalue weighted by atomic mass is 9.99. The van der Waals surface area contributed by atoms with E-state index in [1.54, 1.807) is 24.3 Å². The maximum absolute atomic E-state index is 13.0. The third kappa shape index (κ3) is 6.07. The van der Waals surface area contributed by atoms with Crippen LogP contribution in [0.1, 0.15) is 74.6 Å². The maximum Gasteiger partial charge on any atom is 0.323 e. The molecule has 1 aromatic rings. The number of anilines is 1. The van der Waals surface area contributed by atoms with Gasteiger partial charge in [0.25, 0.3) is 5.91 Å². The minimum atomic E-state index is -0.975. The first-order valence-corrected chi connectivity index (χ1v) is 9.47. The van der Waals surface area contributed by atoms with Gasteiger partial charge in [-0.15, -0.1) is 0 Å². The van der Waals surface area contributed by atoms with Crippen LogP contribution in [0.4, 0.5) is 5.69 Å². The molecule has 0 spiro atoms. The molecular weight excluding hydrogens is 316 g/mol. The predicted molar refractivity (Wildman–Crippen MR) is 99.5 cm³/mol. The molecule has 1 aromatic carbocycles. The number of para-hydroxylation sites is 1. The van der Waals surface area contributed by atoms with Crippen LogP contribution in [-0.4, -0.2) is 34.5 Å². The quantitative estimate of drug-likeness (QED) is 0.805. The number of carbonyl (C=O) groups excluding carboxylic acids is 1. The van der Waals surface area contributed by atoms with Gasteiger partial charge in [-0.2, -0.15) is 0 Å². The molecule has 3 N–H and O–H groups in total. The highest BCUT2D eigenvalue weighted by molar-refractivity contribution is 6.00. The van der Waals surface area contributed by atoms with E-state index in [-0.39, 0.29) is 18.5 Å². The fourth-order valence-electron chi connectivity index (χ4n) is 3.64. The van der Waals surface area contributed by atoms with Gasteiger partial charge in [0.15, 0.2) is 0 Å². The summed E-state index contributed by atoms with van der Waals surface area (Å²) >= 11 is 0. The van der Waals surface area contributed by atoms with Crippen LogP contribution >= 0.6 is 0 Å². The number of benzene rings is 1. The smallest absolute Gasteiger partial charge is 0.323 e. The molecule has 0 radical (unpaired) electrons. The highest BCUT2D eigenvalue weighted by atomic mass is 16.4. The Morgan fingerprint density at radius 1 is 0.960 bits per heavy atom. The Morgan fingerprint density at radius 2 is 1.48 bits per heavy atom. The number of rotatable bonds is 4. The Kier molecular flexibility index (Phi) is 7.76. The average molecular weight is 346 g/mol. The summed E-state index contributed by atoms with van der Waals surface area (Å²) in [6.45, 7) is -0.266. The Balaban J connectivity index is 2.19. The standard InChI is InChI=1S/C20H30N2O3/c21-18-14-10-9-13-17(18)20(25)22(15-19(23)24)16-11-7-5-3-1-2-4-6-8-12-16/h9-10,13-14,16H,1-8,11-12,15,21H2,(H,23,24). The lowest BCUT2D eigenvalue weighted by molar-refractivity contribution is -0.138. The minimum absolute atomic E-state index is 0.0266. The second-order valence-corrected chi connectivity index (χ2v) is 6.97.